The van der Waals surface area contributed by atoms with Crippen LogP contribution in [0.15, 0.2) is 4.52 Å². The van der Waals surface area contributed by atoms with Crippen LogP contribution in [0.3, 0.4) is 0 Å². The summed E-state index contributed by atoms with van der Waals surface area (Å²) < 4.78 is 15.5. The summed E-state index contributed by atoms with van der Waals surface area (Å²) in [5.74, 6) is 0.654. The Labute approximate surface area is 99.3 Å². The van der Waals surface area contributed by atoms with E-state index in [2.05, 4.69) is 10.1 Å². The van der Waals surface area contributed by atoms with Crippen LogP contribution in [0, 0.1) is 0 Å². The normalized spacial score (nSPS) is 20.8. The number of Topliss-reactive ketones (excluding diaryl/α,β-unsaturated/α-hetero) is 1. The molecule has 1 aliphatic heterocycles. The molecule has 6 heteroatoms. The number of rotatable bonds is 5. The molecule has 17 heavy (non-hydrogen) atoms. The molecule has 2 heterocycles. The summed E-state index contributed by atoms with van der Waals surface area (Å²) in [5, 5.41) is 3.82. The molecule has 6 nitrogen and oxygen atoms in total. The highest BCUT2D eigenvalue weighted by Gasteiger charge is 2.29. The van der Waals surface area contributed by atoms with Gasteiger partial charge in [0, 0.05) is 19.4 Å². The van der Waals surface area contributed by atoms with Gasteiger partial charge in [0.25, 0.3) is 0 Å². The van der Waals surface area contributed by atoms with Gasteiger partial charge in [-0.3, -0.25) is 4.79 Å². The number of hydrogen-bond donors (Lipinski definition) is 0. The quantitative estimate of drug-likeness (QED) is 0.706. The lowest BCUT2D eigenvalue weighted by atomic mass is 10.0. The van der Waals surface area contributed by atoms with Gasteiger partial charge in [0.2, 0.25) is 5.89 Å². The Hall–Kier alpha value is -1.27. The number of carbonyl (C=O) groups is 1. The van der Waals surface area contributed by atoms with Crippen LogP contribution < -0.4 is 0 Å². The predicted molar refractivity (Wildman–Crippen MR) is 57.7 cm³/mol. The van der Waals surface area contributed by atoms with E-state index in [1.807, 2.05) is 6.92 Å². The number of nitrogens with zero attached hydrogens (tertiary/aromatic N) is 2. The molecule has 0 radical (unpaired) electrons. The topological polar surface area (TPSA) is 74.5 Å². The maximum absolute atomic E-state index is 11.6. The summed E-state index contributed by atoms with van der Waals surface area (Å²) >= 11 is 0. The first kappa shape index (κ1) is 12.2. The SMILES string of the molecule is CCOCCc1noc(C2COCCC2=O)n1. The van der Waals surface area contributed by atoms with Crippen LogP contribution in [0.2, 0.25) is 0 Å². The minimum Gasteiger partial charge on any atom is -0.381 e. The summed E-state index contributed by atoms with van der Waals surface area (Å²) in [5.41, 5.74) is 0. The van der Waals surface area contributed by atoms with E-state index in [0.717, 1.165) is 0 Å². The first-order chi connectivity index (χ1) is 8.31. The standard InChI is InChI=1S/C11H16N2O4/c1-2-15-6-4-10-12-11(17-13-10)8-7-16-5-3-9(8)14/h8H,2-7H2,1H3. The van der Waals surface area contributed by atoms with Crippen LogP contribution >= 0.6 is 0 Å². The van der Waals surface area contributed by atoms with Crippen LogP contribution in [-0.4, -0.2) is 42.4 Å². The predicted octanol–water partition coefficient (Wildman–Crippen LogP) is 0.722. The molecule has 1 atom stereocenters. The molecule has 0 amide bonds. The average Bonchev–Trinajstić information content (AvgIpc) is 2.79. The third kappa shape index (κ3) is 3.10. The maximum atomic E-state index is 11.6. The van der Waals surface area contributed by atoms with Crippen molar-refractivity contribution < 1.29 is 18.8 Å². The summed E-state index contributed by atoms with van der Waals surface area (Å²) in [7, 11) is 0. The molecule has 1 aromatic heterocycles. The van der Waals surface area contributed by atoms with Gasteiger partial charge in [-0.15, -0.1) is 0 Å². The van der Waals surface area contributed by atoms with E-state index >= 15 is 0 Å². The highest BCUT2D eigenvalue weighted by atomic mass is 16.5. The van der Waals surface area contributed by atoms with Gasteiger partial charge in [-0.05, 0) is 6.92 Å². The molecule has 0 spiro atoms. The Balaban J connectivity index is 1.94. The molecule has 1 fully saturated rings. The maximum Gasteiger partial charge on any atom is 0.239 e. The lowest BCUT2D eigenvalue weighted by molar-refractivity contribution is -0.127. The summed E-state index contributed by atoms with van der Waals surface area (Å²) in [6.07, 6.45) is 1.01. The molecular formula is C11H16N2O4. The second-order valence-electron chi connectivity index (χ2n) is 3.84. The van der Waals surface area contributed by atoms with Crippen molar-refractivity contribution in [3.63, 3.8) is 0 Å². The lowest BCUT2D eigenvalue weighted by Crippen LogP contribution is -2.25. The molecule has 0 saturated carbocycles. The molecular weight excluding hydrogens is 224 g/mol. The number of hydrogen-bond acceptors (Lipinski definition) is 6. The van der Waals surface area contributed by atoms with Crippen molar-refractivity contribution in [2.24, 2.45) is 0 Å². The molecule has 94 valence electrons. The second kappa shape index (κ2) is 5.88. The highest BCUT2D eigenvalue weighted by molar-refractivity contribution is 5.85. The van der Waals surface area contributed by atoms with E-state index in [1.54, 1.807) is 0 Å². The van der Waals surface area contributed by atoms with Crippen molar-refractivity contribution in [1.29, 1.82) is 0 Å². The van der Waals surface area contributed by atoms with Gasteiger partial charge in [-0.2, -0.15) is 4.98 Å². The van der Waals surface area contributed by atoms with Gasteiger partial charge >= 0.3 is 0 Å². The second-order valence-corrected chi connectivity index (χ2v) is 3.84. The zero-order chi connectivity index (χ0) is 12.1. The molecule has 0 aliphatic carbocycles. The summed E-state index contributed by atoms with van der Waals surface area (Å²) in [4.78, 5) is 15.8. The summed E-state index contributed by atoms with van der Waals surface area (Å²) in [6.45, 7) is 3.98. The Morgan fingerprint density at radius 3 is 3.18 bits per heavy atom. The van der Waals surface area contributed by atoms with Crippen molar-refractivity contribution in [3.05, 3.63) is 11.7 Å². The first-order valence-corrected chi connectivity index (χ1v) is 5.82. The lowest BCUT2D eigenvalue weighted by Gasteiger charge is -2.16. The molecule has 1 aromatic rings. The van der Waals surface area contributed by atoms with Gasteiger partial charge in [-0.25, -0.2) is 0 Å². The molecule has 1 aliphatic rings. The monoisotopic (exact) mass is 240 g/mol. The largest absolute Gasteiger partial charge is 0.381 e. The van der Waals surface area contributed by atoms with Crippen LogP contribution in [-0.2, 0) is 20.7 Å². The minimum atomic E-state index is -0.392. The number of ketones is 1. The summed E-state index contributed by atoms with van der Waals surface area (Å²) in [6, 6.07) is 0. The van der Waals surface area contributed by atoms with Crippen molar-refractivity contribution in [2.45, 2.75) is 25.7 Å². The Morgan fingerprint density at radius 2 is 2.41 bits per heavy atom. The third-order valence-electron chi connectivity index (χ3n) is 2.62. The molecule has 0 aromatic carbocycles. The van der Waals surface area contributed by atoms with Crippen molar-refractivity contribution in [1.82, 2.24) is 10.1 Å². The van der Waals surface area contributed by atoms with Gasteiger partial charge in [0.1, 0.15) is 11.7 Å². The van der Waals surface area contributed by atoms with Gasteiger partial charge in [-0.1, -0.05) is 5.16 Å². The van der Waals surface area contributed by atoms with E-state index in [9.17, 15) is 4.79 Å². The van der Waals surface area contributed by atoms with Gasteiger partial charge in [0.15, 0.2) is 5.82 Å². The van der Waals surface area contributed by atoms with E-state index in [-0.39, 0.29) is 5.78 Å². The number of aromatic nitrogens is 2. The van der Waals surface area contributed by atoms with E-state index in [0.29, 0.717) is 51.0 Å². The van der Waals surface area contributed by atoms with Gasteiger partial charge < -0.3 is 14.0 Å². The fraction of sp³-hybridized carbons (Fsp3) is 0.727. The first-order valence-electron chi connectivity index (χ1n) is 5.82. The Kier molecular flexibility index (Phi) is 4.22. The van der Waals surface area contributed by atoms with Gasteiger partial charge in [0.05, 0.1) is 19.8 Å². The third-order valence-corrected chi connectivity index (χ3v) is 2.62. The van der Waals surface area contributed by atoms with Crippen molar-refractivity contribution in [2.75, 3.05) is 26.4 Å². The number of ether oxygens (including phenoxy) is 2. The van der Waals surface area contributed by atoms with Crippen molar-refractivity contribution in [3.8, 4) is 0 Å². The zero-order valence-electron chi connectivity index (χ0n) is 9.85. The van der Waals surface area contributed by atoms with E-state index in [1.165, 1.54) is 0 Å². The van der Waals surface area contributed by atoms with Crippen LogP contribution in [0.25, 0.3) is 0 Å². The Morgan fingerprint density at radius 1 is 1.53 bits per heavy atom. The van der Waals surface area contributed by atoms with E-state index < -0.39 is 5.92 Å². The molecule has 0 bridgehead atoms. The molecule has 2 rings (SSSR count). The molecule has 0 N–H and O–H groups in total. The highest BCUT2D eigenvalue weighted by Crippen LogP contribution is 2.20. The van der Waals surface area contributed by atoms with Crippen LogP contribution in [0.4, 0.5) is 0 Å². The fourth-order valence-corrected chi connectivity index (χ4v) is 1.67. The average molecular weight is 240 g/mol. The Bertz CT molecular complexity index is 377. The zero-order valence-corrected chi connectivity index (χ0v) is 9.85. The smallest absolute Gasteiger partial charge is 0.239 e. The minimum absolute atomic E-state index is 0.108. The van der Waals surface area contributed by atoms with E-state index in [4.69, 9.17) is 14.0 Å². The van der Waals surface area contributed by atoms with Crippen LogP contribution in [0.1, 0.15) is 31.0 Å². The molecule has 1 saturated heterocycles. The van der Waals surface area contributed by atoms with Crippen LogP contribution in [0.5, 0.6) is 0 Å². The number of carbonyl (C=O) groups excluding carboxylic acids is 1. The fourth-order valence-electron chi connectivity index (χ4n) is 1.67. The molecule has 1 unspecified atom stereocenters. The van der Waals surface area contributed by atoms with Crippen molar-refractivity contribution >= 4 is 5.78 Å².